The normalized spacial score (nSPS) is 22.3. The molecule has 9 heteroatoms. The molecule has 7 nitrogen and oxygen atoms in total. The fourth-order valence-corrected chi connectivity index (χ4v) is 7.37. The molecule has 2 aliphatic rings. The third-order valence-electron chi connectivity index (χ3n) is 7.83. The number of sulfonamides is 1. The van der Waals surface area contributed by atoms with Crippen LogP contribution in [0.2, 0.25) is 0 Å². The fraction of sp³-hybridized carbons (Fsp3) is 0.387. The number of likely N-dealkylation sites (tertiary alicyclic amines) is 1. The number of carbonyl (C=O) groups excluding carboxylic acids is 1. The van der Waals surface area contributed by atoms with Crippen molar-refractivity contribution in [2.24, 2.45) is 0 Å². The number of carbonyl (C=O) groups is 1. The van der Waals surface area contributed by atoms with Gasteiger partial charge in [-0.3, -0.25) is 9.69 Å². The van der Waals surface area contributed by atoms with Gasteiger partial charge in [-0.25, -0.2) is 12.8 Å². The molecule has 212 valence electrons. The van der Waals surface area contributed by atoms with Gasteiger partial charge in [0, 0.05) is 18.8 Å². The molecule has 3 aromatic carbocycles. The van der Waals surface area contributed by atoms with E-state index in [2.05, 4.69) is 5.32 Å². The summed E-state index contributed by atoms with van der Waals surface area (Å²) in [7, 11) is -3.79. The second-order valence-corrected chi connectivity index (χ2v) is 12.9. The van der Waals surface area contributed by atoms with E-state index in [1.165, 1.54) is 12.1 Å². The maximum Gasteiger partial charge on any atom is 0.243 e. The lowest BCUT2D eigenvalue weighted by atomic mass is 9.90. The zero-order valence-corrected chi connectivity index (χ0v) is 23.8. The molecule has 0 aliphatic carbocycles. The lowest BCUT2D eigenvalue weighted by molar-refractivity contribution is -0.144. The van der Waals surface area contributed by atoms with Gasteiger partial charge in [0.15, 0.2) is 0 Å². The topological polar surface area (TPSA) is 79.0 Å². The zero-order valence-electron chi connectivity index (χ0n) is 23.0. The number of anilines is 1. The van der Waals surface area contributed by atoms with Crippen molar-refractivity contribution in [2.45, 2.75) is 49.6 Å². The molecule has 0 saturated carbocycles. The number of nitrogens with one attached hydrogen (secondary N) is 1. The Hall–Kier alpha value is -3.11. The molecule has 1 amide bonds. The van der Waals surface area contributed by atoms with E-state index in [9.17, 15) is 17.6 Å². The Morgan fingerprint density at radius 3 is 2.55 bits per heavy atom. The largest absolute Gasteiger partial charge is 0.371 e. The first-order valence-electron chi connectivity index (χ1n) is 13.7. The summed E-state index contributed by atoms with van der Waals surface area (Å²) in [6.45, 7) is 5.46. The lowest BCUT2D eigenvalue weighted by Crippen LogP contribution is -2.64. The van der Waals surface area contributed by atoms with Crippen molar-refractivity contribution in [1.29, 1.82) is 0 Å². The van der Waals surface area contributed by atoms with Crippen LogP contribution in [0.4, 0.5) is 10.1 Å². The number of halogens is 1. The van der Waals surface area contributed by atoms with Crippen molar-refractivity contribution in [1.82, 2.24) is 9.21 Å². The van der Waals surface area contributed by atoms with E-state index in [-0.39, 0.29) is 36.5 Å². The van der Waals surface area contributed by atoms with Crippen molar-refractivity contribution in [3.05, 3.63) is 95.3 Å². The van der Waals surface area contributed by atoms with Crippen LogP contribution in [0.1, 0.15) is 29.5 Å². The molecule has 1 spiro atoms. The van der Waals surface area contributed by atoms with Gasteiger partial charge in [0.1, 0.15) is 5.82 Å². The molecule has 0 radical (unpaired) electrons. The average molecular weight is 566 g/mol. The molecule has 2 saturated heterocycles. The monoisotopic (exact) mass is 565 g/mol. The van der Waals surface area contributed by atoms with Gasteiger partial charge in [0.2, 0.25) is 15.9 Å². The van der Waals surface area contributed by atoms with E-state index in [0.29, 0.717) is 31.6 Å². The summed E-state index contributed by atoms with van der Waals surface area (Å²) in [5, 5.41) is 2.82. The standard InChI is InChI=1S/C31H36FN3O4S/c1-23-9-13-28(14-10-23)40(37,38)35-22-31(39-20-27(35)17-25-7-4-3-5-8-25)15-6-16-34(21-31)19-30(36)33-29-18-26(32)12-11-24(29)2/h3-5,7-14,18,27H,6,15-17,19-22H2,1-2H3,(H,33,36)/t27-,31-/m0/s1. The molecule has 40 heavy (non-hydrogen) atoms. The number of benzene rings is 3. The van der Waals surface area contributed by atoms with Crippen LogP contribution in [-0.2, 0) is 26.0 Å². The molecule has 1 N–H and O–H groups in total. The van der Waals surface area contributed by atoms with Gasteiger partial charge in [-0.15, -0.1) is 0 Å². The average Bonchev–Trinajstić information content (AvgIpc) is 2.93. The molecule has 2 aliphatic heterocycles. The summed E-state index contributed by atoms with van der Waals surface area (Å²) in [4.78, 5) is 15.2. The number of hydrogen-bond donors (Lipinski definition) is 1. The Kier molecular flexibility index (Phi) is 8.37. The number of amides is 1. The molecule has 2 heterocycles. The molecule has 2 fully saturated rings. The second kappa shape index (κ2) is 11.8. The number of aryl methyl sites for hydroxylation is 2. The SMILES string of the molecule is Cc1ccc(S(=O)(=O)N2C[C@@]3(CCCN(CC(=O)Nc4cc(F)ccc4C)C3)OC[C@@H]2Cc2ccccc2)cc1. The van der Waals surface area contributed by atoms with Crippen LogP contribution in [0.5, 0.6) is 0 Å². The van der Waals surface area contributed by atoms with Crippen LogP contribution in [0.25, 0.3) is 0 Å². The van der Waals surface area contributed by atoms with Crippen molar-refractivity contribution in [3.8, 4) is 0 Å². The summed E-state index contributed by atoms with van der Waals surface area (Å²) >= 11 is 0. The number of ether oxygens (including phenoxy) is 1. The van der Waals surface area contributed by atoms with E-state index in [4.69, 9.17) is 4.74 Å². The van der Waals surface area contributed by atoms with Crippen LogP contribution in [0, 0.1) is 19.7 Å². The van der Waals surface area contributed by atoms with Crippen molar-refractivity contribution in [3.63, 3.8) is 0 Å². The van der Waals surface area contributed by atoms with Gasteiger partial charge < -0.3 is 10.1 Å². The Morgan fingerprint density at radius 1 is 1.05 bits per heavy atom. The number of hydrogen-bond acceptors (Lipinski definition) is 5. The summed E-state index contributed by atoms with van der Waals surface area (Å²) in [5.41, 5.74) is 2.54. The number of nitrogens with zero attached hydrogens (tertiary/aromatic N) is 2. The highest BCUT2D eigenvalue weighted by Crippen LogP contribution is 2.35. The highest BCUT2D eigenvalue weighted by atomic mass is 32.2. The molecular weight excluding hydrogens is 529 g/mol. The molecule has 2 atom stereocenters. The van der Waals surface area contributed by atoms with E-state index in [0.717, 1.165) is 23.1 Å². The predicted molar refractivity (Wildman–Crippen MR) is 153 cm³/mol. The van der Waals surface area contributed by atoms with Crippen LogP contribution in [0.15, 0.2) is 77.7 Å². The summed E-state index contributed by atoms with van der Waals surface area (Å²) in [5.74, 6) is -0.652. The predicted octanol–water partition coefficient (Wildman–Crippen LogP) is 4.55. The minimum atomic E-state index is -3.79. The summed E-state index contributed by atoms with van der Waals surface area (Å²) in [6, 6.07) is 20.8. The number of rotatable bonds is 7. The Morgan fingerprint density at radius 2 is 1.80 bits per heavy atom. The van der Waals surface area contributed by atoms with Crippen molar-refractivity contribution < 1.29 is 22.3 Å². The van der Waals surface area contributed by atoms with Gasteiger partial charge in [-0.2, -0.15) is 4.31 Å². The minimum absolute atomic E-state index is 0.110. The molecular formula is C31H36FN3O4S. The maximum absolute atomic E-state index is 14.0. The van der Waals surface area contributed by atoms with E-state index < -0.39 is 21.4 Å². The second-order valence-electron chi connectivity index (χ2n) is 11.0. The van der Waals surface area contributed by atoms with Gasteiger partial charge in [-0.1, -0.05) is 54.1 Å². The van der Waals surface area contributed by atoms with Crippen molar-refractivity contribution >= 4 is 21.6 Å². The van der Waals surface area contributed by atoms with E-state index in [1.807, 2.05) is 61.2 Å². The van der Waals surface area contributed by atoms with Gasteiger partial charge in [0.05, 0.1) is 29.7 Å². The van der Waals surface area contributed by atoms with Crippen molar-refractivity contribution in [2.75, 3.05) is 38.1 Å². The Labute approximate surface area is 236 Å². The van der Waals surface area contributed by atoms with Gasteiger partial charge >= 0.3 is 0 Å². The highest BCUT2D eigenvalue weighted by Gasteiger charge is 2.47. The molecule has 3 aromatic rings. The van der Waals surface area contributed by atoms with E-state index >= 15 is 0 Å². The molecule has 0 unspecified atom stereocenters. The first kappa shape index (κ1) is 28.4. The van der Waals surface area contributed by atoms with E-state index in [1.54, 1.807) is 22.5 Å². The fourth-order valence-electron chi connectivity index (χ4n) is 5.68. The van der Waals surface area contributed by atoms with Gasteiger partial charge in [0.25, 0.3) is 0 Å². The summed E-state index contributed by atoms with van der Waals surface area (Å²) in [6.07, 6.45) is 2.02. The highest BCUT2D eigenvalue weighted by molar-refractivity contribution is 7.89. The number of piperidine rings is 1. The molecule has 5 rings (SSSR count). The quantitative estimate of drug-likeness (QED) is 0.455. The molecule has 0 bridgehead atoms. The Balaban J connectivity index is 1.35. The third-order valence-corrected chi connectivity index (χ3v) is 9.75. The lowest BCUT2D eigenvalue weighted by Gasteiger charge is -2.50. The smallest absolute Gasteiger partial charge is 0.243 e. The molecule has 0 aromatic heterocycles. The Bertz CT molecular complexity index is 1450. The zero-order chi connectivity index (χ0) is 28.3. The third kappa shape index (κ3) is 6.44. The van der Waals surface area contributed by atoms with Gasteiger partial charge in [-0.05, 0) is 75.0 Å². The first-order chi connectivity index (χ1) is 19.1. The number of morpholine rings is 1. The van der Waals surface area contributed by atoms with Crippen LogP contribution in [-0.4, -0.2) is 68.0 Å². The van der Waals surface area contributed by atoms with Crippen LogP contribution < -0.4 is 5.32 Å². The minimum Gasteiger partial charge on any atom is -0.371 e. The maximum atomic E-state index is 14.0. The van der Waals surface area contributed by atoms with Crippen LogP contribution >= 0.6 is 0 Å². The van der Waals surface area contributed by atoms with Crippen LogP contribution in [0.3, 0.4) is 0 Å². The summed E-state index contributed by atoms with van der Waals surface area (Å²) < 4.78 is 49.9. The first-order valence-corrected chi connectivity index (χ1v) is 15.1.